The van der Waals surface area contributed by atoms with Crippen molar-refractivity contribution in [3.63, 3.8) is 0 Å². The Morgan fingerprint density at radius 2 is 1.42 bits per heavy atom. The fourth-order valence-corrected chi connectivity index (χ4v) is 3.07. The summed E-state index contributed by atoms with van der Waals surface area (Å²) in [5.41, 5.74) is -0.616. The lowest BCUT2D eigenvalue weighted by Gasteiger charge is -2.23. The zero-order chi connectivity index (χ0) is 24.3. The van der Waals surface area contributed by atoms with Gasteiger partial charge in [-0.05, 0) is 33.6 Å². The molecule has 0 aromatic carbocycles. The number of nitrogens with zero attached hydrogens (tertiary/aromatic N) is 1. The van der Waals surface area contributed by atoms with Gasteiger partial charge in [0.2, 0.25) is 5.91 Å². The molecule has 0 aromatic rings. The monoisotopic (exact) mass is 484 g/mol. The molecule has 1 aliphatic carbocycles. The molecular formula is C22H42Cl2N2O5. The van der Waals surface area contributed by atoms with Crippen molar-refractivity contribution in [2.45, 2.75) is 97.6 Å². The summed E-state index contributed by atoms with van der Waals surface area (Å²) in [5.74, 6) is -0.739. The van der Waals surface area contributed by atoms with Gasteiger partial charge in [0.1, 0.15) is 18.2 Å². The highest BCUT2D eigenvalue weighted by Gasteiger charge is 2.34. The van der Waals surface area contributed by atoms with Gasteiger partial charge in [0.05, 0.1) is 12.4 Å². The number of nitrogens with one attached hydrogen (secondary N) is 1. The summed E-state index contributed by atoms with van der Waals surface area (Å²) in [6.07, 6.45) is 9.68. The van der Waals surface area contributed by atoms with E-state index in [0.29, 0.717) is 13.0 Å². The van der Waals surface area contributed by atoms with Crippen LogP contribution < -0.4 is 5.32 Å². The van der Waals surface area contributed by atoms with Crippen LogP contribution in [0.4, 0.5) is 4.79 Å². The van der Waals surface area contributed by atoms with E-state index in [0.717, 1.165) is 6.42 Å². The third-order valence-corrected chi connectivity index (χ3v) is 4.33. The van der Waals surface area contributed by atoms with E-state index in [2.05, 4.69) is 10.1 Å². The molecule has 0 bridgehead atoms. The fourth-order valence-electron chi connectivity index (χ4n) is 3.07. The van der Waals surface area contributed by atoms with Crippen molar-refractivity contribution < 1.29 is 23.9 Å². The zero-order valence-corrected chi connectivity index (χ0v) is 21.6. The first-order valence-corrected chi connectivity index (χ1v) is 12.2. The smallest absolute Gasteiger partial charge is 0.408 e. The number of methoxy groups -OCH3 is 1. The van der Waals surface area contributed by atoms with Crippen LogP contribution in [0.25, 0.3) is 0 Å². The van der Waals surface area contributed by atoms with Crippen LogP contribution in [-0.2, 0) is 19.1 Å². The van der Waals surface area contributed by atoms with Crippen LogP contribution >= 0.6 is 23.2 Å². The van der Waals surface area contributed by atoms with Crippen molar-refractivity contribution in [2.24, 2.45) is 0 Å². The molecule has 7 nitrogen and oxygen atoms in total. The van der Waals surface area contributed by atoms with Gasteiger partial charge < -0.3 is 19.7 Å². The van der Waals surface area contributed by atoms with Crippen molar-refractivity contribution in [1.82, 2.24) is 10.2 Å². The number of ether oxygens (including phenoxy) is 2. The molecule has 1 heterocycles. The number of rotatable bonds is 3. The Balaban J connectivity index is 0. The molecule has 1 saturated heterocycles. The first-order chi connectivity index (χ1) is 14.7. The van der Waals surface area contributed by atoms with Gasteiger partial charge >= 0.3 is 12.1 Å². The average molecular weight is 485 g/mol. The Morgan fingerprint density at radius 1 is 0.968 bits per heavy atom. The molecule has 2 fully saturated rings. The summed E-state index contributed by atoms with van der Waals surface area (Å²) in [6.45, 7) is 9.52. The number of alkyl halides is 2. The SMILES string of the molecule is C1CCCCC1.CC.COC(=O)C1CCCN1C(=O)CNC(=O)OC(C)(C)C.ClCCl. The minimum absolute atomic E-state index is 0.192. The second-order valence-corrected chi connectivity index (χ2v) is 8.65. The molecule has 1 aliphatic heterocycles. The van der Waals surface area contributed by atoms with Crippen molar-refractivity contribution in [2.75, 3.05) is 25.5 Å². The Hall–Kier alpha value is -1.21. The van der Waals surface area contributed by atoms with Crippen molar-refractivity contribution in [3.05, 3.63) is 0 Å². The second-order valence-electron chi connectivity index (χ2n) is 7.85. The number of hydrogen-bond donors (Lipinski definition) is 1. The second kappa shape index (κ2) is 19.5. The molecule has 1 atom stereocenters. The fraction of sp³-hybridized carbons (Fsp3) is 0.864. The summed E-state index contributed by atoms with van der Waals surface area (Å²) < 4.78 is 9.69. The molecule has 2 amide bonds. The topological polar surface area (TPSA) is 84.9 Å². The number of carbonyl (C=O) groups is 3. The number of hydrogen-bond acceptors (Lipinski definition) is 5. The molecule has 0 spiro atoms. The van der Waals surface area contributed by atoms with Crippen LogP contribution in [0.2, 0.25) is 0 Å². The van der Waals surface area contributed by atoms with E-state index in [1.54, 1.807) is 20.8 Å². The zero-order valence-electron chi connectivity index (χ0n) is 20.1. The third-order valence-electron chi connectivity index (χ3n) is 4.33. The molecule has 31 heavy (non-hydrogen) atoms. The van der Waals surface area contributed by atoms with Crippen LogP contribution in [0.15, 0.2) is 0 Å². The number of amides is 2. The molecule has 1 N–H and O–H groups in total. The van der Waals surface area contributed by atoms with Crippen molar-refractivity contribution in [3.8, 4) is 0 Å². The number of halogens is 2. The lowest BCUT2D eigenvalue weighted by Crippen LogP contribution is -2.46. The quantitative estimate of drug-likeness (QED) is 0.424. The number of esters is 1. The highest BCUT2D eigenvalue weighted by molar-refractivity contribution is 6.40. The van der Waals surface area contributed by atoms with Crippen molar-refractivity contribution >= 4 is 41.2 Å². The molecule has 184 valence electrons. The third kappa shape index (κ3) is 17.1. The van der Waals surface area contributed by atoms with E-state index in [4.69, 9.17) is 27.9 Å². The highest BCUT2D eigenvalue weighted by atomic mass is 35.5. The molecule has 0 aromatic heterocycles. The number of carbonyl (C=O) groups excluding carboxylic acids is 3. The van der Waals surface area contributed by atoms with Crippen LogP contribution in [-0.4, -0.2) is 60.1 Å². The number of likely N-dealkylation sites (tertiary alicyclic amines) is 1. The summed E-state index contributed by atoms with van der Waals surface area (Å²) in [6, 6.07) is -0.548. The van der Waals surface area contributed by atoms with Crippen LogP contribution in [0.3, 0.4) is 0 Å². The molecule has 1 saturated carbocycles. The first kappa shape index (κ1) is 32.0. The van der Waals surface area contributed by atoms with Gasteiger partial charge in [-0.25, -0.2) is 9.59 Å². The molecule has 0 radical (unpaired) electrons. The van der Waals surface area contributed by atoms with Gasteiger partial charge in [-0.2, -0.15) is 0 Å². The van der Waals surface area contributed by atoms with Crippen LogP contribution in [0.1, 0.15) is 86.0 Å². The minimum Gasteiger partial charge on any atom is -0.467 e. The van der Waals surface area contributed by atoms with Gasteiger partial charge in [-0.3, -0.25) is 4.79 Å². The van der Waals surface area contributed by atoms with E-state index >= 15 is 0 Å². The summed E-state index contributed by atoms with van der Waals surface area (Å²) in [4.78, 5) is 36.4. The first-order valence-electron chi connectivity index (χ1n) is 11.1. The van der Waals surface area contributed by atoms with Crippen LogP contribution in [0, 0.1) is 0 Å². The Kier molecular flexibility index (Phi) is 20.1. The highest BCUT2D eigenvalue weighted by Crippen LogP contribution is 2.18. The number of alkyl carbamates (subject to hydrolysis) is 1. The lowest BCUT2D eigenvalue weighted by atomic mass is 10.0. The Morgan fingerprint density at radius 3 is 1.81 bits per heavy atom. The van der Waals surface area contributed by atoms with E-state index in [1.165, 1.54) is 50.5 Å². The van der Waals surface area contributed by atoms with E-state index in [9.17, 15) is 14.4 Å². The summed E-state index contributed by atoms with van der Waals surface area (Å²) >= 11 is 9.53. The predicted octanol–water partition coefficient (Wildman–Crippen LogP) is 5.46. The summed E-state index contributed by atoms with van der Waals surface area (Å²) in [7, 11) is 1.29. The lowest BCUT2D eigenvalue weighted by molar-refractivity contribution is -0.150. The maximum absolute atomic E-state index is 12.0. The van der Waals surface area contributed by atoms with Gasteiger partial charge in [0.15, 0.2) is 0 Å². The molecule has 2 rings (SSSR count). The Bertz CT molecular complexity index is 483. The predicted molar refractivity (Wildman–Crippen MR) is 127 cm³/mol. The maximum Gasteiger partial charge on any atom is 0.408 e. The molecular weight excluding hydrogens is 443 g/mol. The average Bonchev–Trinajstić information content (AvgIpc) is 3.24. The summed E-state index contributed by atoms with van der Waals surface area (Å²) in [5, 5.41) is 2.58. The van der Waals surface area contributed by atoms with E-state index in [1.807, 2.05) is 13.8 Å². The minimum atomic E-state index is -0.653. The van der Waals surface area contributed by atoms with Gasteiger partial charge in [-0.1, -0.05) is 52.4 Å². The van der Waals surface area contributed by atoms with Crippen LogP contribution in [0.5, 0.6) is 0 Å². The molecule has 9 heteroatoms. The molecule has 1 unspecified atom stereocenters. The maximum atomic E-state index is 12.0. The standard InChI is InChI=1S/C13H22N2O5.C6H12.C2H6.CH2Cl2/c1-13(2,3)20-12(18)14-8-10(16)15-7-5-6-9(15)11(17)19-4;1-2-4-6-5-3-1;1-2;2-1-3/h9H,5-8H2,1-4H3,(H,14,18);1-6H2;1-2H3;1H2. The van der Waals surface area contributed by atoms with E-state index < -0.39 is 23.7 Å². The molecule has 2 aliphatic rings. The van der Waals surface area contributed by atoms with Gasteiger partial charge in [0, 0.05) is 6.54 Å². The van der Waals surface area contributed by atoms with Gasteiger partial charge in [0.25, 0.3) is 0 Å². The van der Waals surface area contributed by atoms with E-state index in [-0.39, 0.29) is 17.8 Å². The van der Waals surface area contributed by atoms with Crippen molar-refractivity contribution in [1.29, 1.82) is 0 Å². The largest absolute Gasteiger partial charge is 0.467 e. The Labute approximate surface area is 198 Å². The normalized spacial score (nSPS) is 17.4. The van der Waals surface area contributed by atoms with Gasteiger partial charge in [-0.15, -0.1) is 23.2 Å².